The maximum atomic E-state index is 12.1. The molecule has 124 valence electrons. The highest BCUT2D eigenvalue weighted by atomic mass is 16.3. The molecule has 0 radical (unpaired) electrons. The van der Waals surface area contributed by atoms with Crippen LogP contribution in [0.5, 0.6) is 0 Å². The highest BCUT2D eigenvalue weighted by Crippen LogP contribution is 2.47. The normalized spacial score (nSPS) is 19.5. The Bertz CT molecular complexity index is 950. The van der Waals surface area contributed by atoms with Crippen LogP contribution in [0.25, 0.3) is 11.0 Å². The number of carbonyl (C=O) groups is 1. The number of rotatable bonds is 5. The van der Waals surface area contributed by atoms with E-state index in [1.807, 2.05) is 12.1 Å². The fourth-order valence-electron chi connectivity index (χ4n) is 3.02. The van der Waals surface area contributed by atoms with Crippen molar-refractivity contribution in [1.82, 2.24) is 9.97 Å². The van der Waals surface area contributed by atoms with Gasteiger partial charge in [-0.05, 0) is 42.7 Å². The number of fused-ring (bicyclic) bond motifs is 1. The van der Waals surface area contributed by atoms with Gasteiger partial charge in [0.2, 0.25) is 5.91 Å². The first-order valence-corrected chi connectivity index (χ1v) is 8.19. The fourth-order valence-corrected chi connectivity index (χ4v) is 3.02. The summed E-state index contributed by atoms with van der Waals surface area (Å²) in [5.41, 5.74) is 1.80. The molecule has 6 nitrogen and oxygen atoms in total. The standard InChI is InChI=1S/C18H19N3O3/c1-10-8-13(10)16-6-3-12(24-16)4-7-17(22)19-11-2-5-14-15(9-11)21-18(23)20-14/h2-3,5-6,9-10,13H,4,7-8H2,1H3,(H,19,22)(H2,20,21,23)/t10-,13+/m0/s1. The van der Waals surface area contributed by atoms with Gasteiger partial charge in [-0.1, -0.05) is 6.92 Å². The summed E-state index contributed by atoms with van der Waals surface area (Å²) in [5.74, 6) is 3.08. The monoisotopic (exact) mass is 325 g/mol. The molecule has 1 saturated carbocycles. The number of nitrogens with one attached hydrogen (secondary N) is 3. The van der Waals surface area contributed by atoms with E-state index in [-0.39, 0.29) is 11.6 Å². The number of hydrogen-bond acceptors (Lipinski definition) is 3. The van der Waals surface area contributed by atoms with Crippen LogP contribution in [0.2, 0.25) is 0 Å². The first-order valence-electron chi connectivity index (χ1n) is 8.19. The highest BCUT2D eigenvalue weighted by molar-refractivity contribution is 5.93. The van der Waals surface area contributed by atoms with Gasteiger partial charge in [0.25, 0.3) is 0 Å². The molecule has 0 bridgehead atoms. The number of aromatic nitrogens is 2. The van der Waals surface area contributed by atoms with Crippen molar-refractivity contribution in [2.45, 2.75) is 32.1 Å². The van der Waals surface area contributed by atoms with Gasteiger partial charge in [-0.25, -0.2) is 4.79 Å². The number of H-pyrrole nitrogens is 2. The molecule has 1 fully saturated rings. The van der Waals surface area contributed by atoms with Crippen LogP contribution in [0.4, 0.5) is 5.69 Å². The van der Waals surface area contributed by atoms with Crippen LogP contribution in [0.15, 0.2) is 39.5 Å². The quantitative estimate of drug-likeness (QED) is 0.673. The molecule has 1 aromatic carbocycles. The van der Waals surface area contributed by atoms with Gasteiger partial charge in [0.05, 0.1) is 11.0 Å². The molecular weight excluding hydrogens is 306 g/mol. The Kier molecular flexibility index (Phi) is 3.52. The van der Waals surface area contributed by atoms with Crippen LogP contribution in [-0.2, 0) is 11.2 Å². The Balaban J connectivity index is 1.35. The number of furan rings is 1. The number of anilines is 1. The Morgan fingerprint density at radius 1 is 1.25 bits per heavy atom. The molecule has 6 heteroatoms. The van der Waals surface area contributed by atoms with Crippen molar-refractivity contribution in [3.8, 4) is 0 Å². The zero-order chi connectivity index (χ0) is 16.7. The van der Waals surface area contributed by atoms with E-state index >= 15 is 0 Å². The summed E-state index contributed by atoms with van der Waals surface area (Å²) in [6.07, 6.45) is 2.13. The van der Waals surface area contributed by atoms with Crippen molar-refractivity contribution < 1.29 is 9.21 Å². The molecule has 0 saturated heterocycles. The number of amides is 1. The van der Waals surface area contributed by atoms with E-state index in [9.17, 15) is 9.59 Å². The van der Waals surface area contributed by atoms with Crippen LogP contribution in [0.3, 0.4) is 0 Å². The molecule has 0 unspecified atom stereocenters. The Labute approximate surface area is 138 Å². The van der Waals surface area contributed by atoms with Gasteiger partial charge >= 0.3 is 5.69 Å². The zero-order valence-electron chi connectivity index (χ0n) is 13.4. The SMILES string of the molecule is C[C@H]1C[C@H]1c1ccc(CCC(=O)Nc2ccc3[nH]c(=O)[nH]c3c2)o1. The third-order valence-electron chi connectivity index (χ3n) is 4.56. The molecule has 1 aliphatic carbocycles. The van der Waals surface area contributed by atoms with Crippen LogP contribution in [0.1, 0.15) is 37.2 Å². The topological polar surface area (TPSA) is 90.9 Å². The lowest BCUT2D eigenvalue weighted by Crippen LogP contribution is -2.12. The molecule has 0 aliphatic heterocycles. The van der Waals surface area contributed by atoms with Crippen LogP contribution in [-0.4, -0.2) is 15.9 Å². The number of benzene rings is 1. The van der Waals surface area contributed by atoms with E-state index in [2.05, 4.69) is 22.2 Å². The third-order valence-corrected chi connectivity index (χ3v) is 4.56. The number of aryl methyl sites for hydroxylation is 1. The fraction of sp³-hybridized carbons (Fsp3) is 0.333. The summed E-state index contributed by atoms with van der Waals surface area (Å²) in [6.45, 7) is 2.22. The Morgan fingerprint density at radius 2 is 2.04 bits per heavy atom. The van der Waals surface area contributed by atoms with E-state index in [4.69, 9.17) is 4.42 Å². The second kappa shape index (κ2) is 5.70. The average molecular weight is 325 g/mol. The minimum Gasteiger partial charge on any atom is -0.466 e. The Hall–Kier alpha value is -2.76. The molecule has 2 heterocycles. The lowest BCUT2D eigenvalue weighted by Gasteiger charge is -2.04. The lowest BCUT2D eigenvalue weighted by atomic mass is 10.2. The summed E-state index contributed by atoms with van der Waals surface area (Å²) >= 11 is 0. The minimum atomic E-state index is -0.257. The first kappa shape index (κ1) is 14.8. The van der Waals surface area contributed by atoms with Crippen molar-refractivity contribution in [3.63, 3.8) is 0 Å². The van der Waals surface area contributed by atoms with Gasteiger partial charge in [0, 0.05) is 24.4 Å². The molecule has 2 atom stereocenters. The summed E-state index contributed by atoms with van der Waals surface area (Å²) < 4.78 is 5.82. The third kappa shape index (κ3) is 2.99. The van der Waals surface area contributed by atoms with Crippen molar-refractivity contribution in [1.29, 1.82) is 0 Å². The molecule has 2 aromatic heterocycles. The first-order chi connectivity index (χ1) is 11.6. The summed E-state index contributed by atoms with van der Waals surface area (Å²) in [5, 5.41) is 2.85. The Morgan fingerprint density at radius 3 is 2.83 bits per heavy atom. The number of hydrogen-bond donors (Lipinski definition) is 3. The highest BCUT2D eigenvalue weighted by Gasteiger charge is 2.36. The number of carbonyl (C=O) groups excluding carboxylic acids is 1. The second-order valence-electron chi connectivity index (χ2n) is 6.51. The van der Waals surface area contributed by atoms with Crippen molar-refractivity contribution >= 4 is 22.6 Å². The van der Waals surface area contributed by atoms with E-state index < -0.39 is 0 Å². The molecular formula is C18H19N3O3. The zero-order valence-corrected chi connectivity index (χ0v) is 13.4. The van der Waals surface area contributed by atoms with Crippen LogP contribution < -0.4 is 11.0 Å². The van der Waals surface area contributed by atoms with Crippen LogP contribution >= 0.6 is 0 Å². The molecule has 0 spiro atoms. The van der Waals surface area contributed by atoms with Gasteiger partial charge < -0.3 is 19.7 Å². The predicted octanol–water partition coefficient (Wildman–Crippen LogP) is 3.14. The number of imidazole rings is 1. The molecule has 1 aliphatic rings. The van der Waals surface area contributed by atoms with Gasteiger partial charge in [0.1, 0.15) is 11.5 Å². The largest absolute Gasteiger partial charge is 0.466 e. The van der Waals surface area contributed by atoms with Gasteiger partial charge in [-0.2, -0.15) is 0 Å². The van der Waals surface area contributed by atoms with Gasteiger partial charge in [-0.15, -0.1) is 0 Å². The van der Waals surface area contributed by atoms with E-state index in [0.717, 1.165) is 17.0 Å². The molecule has 3 aromatic rings. The predicted molar refractivity (Wildman–Crippen MR) is 91.1 cm³/mol. The van der Waals surface area contributed by atoms with E-state index in [1.54, 1.807) is 18.2 Å². The maximum absolute atomic E-state index is 12.1. The molecule has 24 heavy (non-hydrogen) atoms. The maximum Gasteiger partial charge on any atom is 0.323 e. The second-order valence-corrected chi connectivity index (χ2v) is 6.51. The lowest BCUT2D eigenvalue weighted by molar-refractivity contribution is -0.116. The molecule has 3 N–H and O–H groups in total. The average Bonchev–Trinajstić information content (AvgIpc) is 2.97. The van der Waals surface area contributed by atoms with Gasteiger partial charge in [-0.3, -0.25) is 4.79 Å². The molecule has 4 rings (SSSR count). The van der Waals surface area contributed by atoms with Crippen molar-refractivity contribution in [2.24, 2.45) is 5.92 Å². The van der Waals surface area contributed by atoms with Crippen LogP contribution in [0, 0.1) is 5.92 Å². The minimum absolute atomic E-state index is 0.0787. The smallest absolute Gasteiger partial charge is 0.323 e. The molecule has 1 amide bonds. The summed E-state index contributed by atoms with van der Waals surface area (Å²) in [7, 11) is 0. The summed E-state index contributed by atoms with van der Waals surface area (Å²) in [4.78, 5) is 28.7. The van der Waals surface area contributed by atoms with Crippen molar-refractivity contribution in [3.05, 3.63) is 52.3 Å². The van der Waals surface area contributed by atoms with Crippen molar-refractivity contribution in [2.75, 3.05) is 5.32 Å². The van der Waals surface area contributed by atoms with E-state index in [1.165, 1.54) is 6.42 Å². The summed E-state index contributed by atoms with van der Waals surface area (Å²) in [6, 6.07) is 9.26. The van der Waals surface area contributed by atoms with E-state index in [0.29, 0.717) is 35.9 Å². The van der Waals surface area contributed by atoms with Gasteiger partial charge in [0.15, 0.2) is 0 Å². The number of aromatic amines is 2.